The number of allylic oxidation sites excluding steroid dienone is 8. The molecule has 276 valence electrons. The van der Waals surface area contributed by atoms with Crippen molar-refractivity contribution in [2.45, 2.75) is 231 Å². The molecule has 3 atom stereocenters. The summed E-state index contributed by atoms with van der Waals surface area (Å²) in [6, 6.07) is 0.263. The summed E-state index contributed by atoms with van der Waals surface area (Å²) in [4.78, 5) is 0. The molecule has 2 N–H and O–H groups in total. The molecule has 3 rings (SSSR count). The van der Waals surface area contributed by atoms with E-state index in [1.165, 1.54) is 154 Å². The number of unbranched alkanes of at least 4 members (excludes halogenated alkanes) is 18. The third-order valence-electron chi connectivity index (χ3n) is 11.3. The predicted molar refractivity (Wildman–Crippen MR) is 209 cm³/mol. The average molecular weight is 666 g/mol. The number of hydrogen-bond acceptors (Lipinski definition) is 3. The molecule has 0 aromatic rings. The minimum atomic E-state index is -0.272. The highest BCUT2D eigenvalue weighted by Gasteiger charge is 2.62. The van der Waals surface area contributed by atoms with Crippen molar-refractivity contribution in [1.29, 1.82) is 0 Å². The van der Waals surface area contributed by atoms with Crippen LogP contribution in [0.15, 0.2) is 48.6 Å². The summed E-state index contributed by atoms with van der Waals surface area (Å²) in [5.74, 6) is -0.272. The van der Waals surface area contributed by atoms with E-state index in [0.717, 1.165) is 38.5 Å². The fraction of sp³-hybridized carbons (Fsp3) is 0.822. The Labute approximate surface area is 299 Å². The Morgan fingerprint density at radius 3 is 1.23 bits per heavy atom. The molecule has 3 heteroatoms. The van der Waals surface area contributed by atoms with Gasteiger partial charge in [-0.2, -0.15) is 0 Å². The Morgan fingerprint density at radius 2 is 0.833 bits per heavy atom. The molecular weight excluding hydrogens is 587 g/mol. The summed E-state index contributed by atoms with van der Waals surface area (Å²) >= 11 is 0. The number of ether oxygens (including phenoxy) is 2. The van der Waals surface area contributed by atoms with Crippen molar-refractivity contribution >= 4 is 0 Å². The minimum absolute atomic E-state index is 0.252. The molecule has 48 heavy (non-hydrogen) atoms. The van der Waals surface area contributed by atoms with E-state index in [9.17, 15) is 0 Å². The Morgan fingerprint density at radius 1 is 0.479 bits per heavy atom. The van der Waals surface area contributed by atoms with E-state index < -0.39 is 0 Å². The van der Waals surface area contributed by atoms with E-state index in [1.807, 2.05) is 0 Å². The maximum Gasteiger partial charge on any atom is 0.170 e. The highest BCUT2D eigenvalue weighted by atomic mass is 16.8. The molecule has 0 aromatic heterocycles. The first-order chi connectivity index (χ1) is 23.6. The van der Waals surface area contributed by atoms with Gasteiger partial charge in [-0.1, -0.05) is 152 Å². The van der Waals surface area contributed by atoms with E-state index >= 15 is 0 Å². The van der Waals surface area contributed by atoms with Crippen LogP contribution in [-0.4, -0.2) is 24.0 Å². The number of nitrogens with two attached hydrogens (primary N) is 1. The van der Waals surface area contributed by atoms with Crippen molar-refractivity contribution in [2.24, 2.45) is 11.1 Å². The van der Waals surface area contributed by atoms with Crippen LogP contribution >= 0.6 is 0 Å². The van der Waals surface area contributed by atoms with Crippen molar-refractivity contribution in [1.82, 2.24) is 0 Å². The topological polar surface area (TPSA) is 44.5 Å². The van der Waals surface area contributed by atoms with Gasteiger partial charge in [-0.05, 0) is 95.3 Å². The van der Waals surface area contributed by atoms with E-state index in [1.54, 1.807) is 0 Å². The van der Waals surface area contributed by atoms with Gasteiger partial charge in [0.05, 0.1) is 12.2 Å². The van der Waals surface area contributed by atoms with Crippen LogP contribution in [-0.2, 0) is 9.47 Å². The van der Waals surface area contributed by atoms with Crippen LogP contribution in [0.4, 0.5) is 0 Å². The Hall–Kier alpha value is -1.16. The van der Waals surface area contributed by atoms with Crippen molar-refractivity contribution in [3.05, 3.63) is 48.6 Å². The number of rotatable bonds is 30. The summed E-state index contributed by atoms with van der Waals surface area (Å²) in [5, 5.41) is 0. The third kappa shape index (κ3) is 17.2. The number of hydrogen-bond donors (Lipinski definition) is 1. The monoisotopic (exact) mass is 666 g/mol. The van der Waals surface area contributed by atoms with Gasteiger partial charge in [0, 0.05) is 18.9 Å². The molecular formula is C45H79NO2. The zero-order valence-electron chi connectivity index (χ0n) is 32.0. The van der Waals surface area contributed by atoms with Gasteiger partial charge >= 0.3 is 0 Å². The lowest BCUT2D eigenvalue weighted by Gasteiger charge is -2.54. The Balaban J connectivity index is 1.22. The summed E-state index contributed by atoms with van der Waals surface area (Å²) in [6.07, 6.45) is 58.2. The van der Waals surface area contributed by atoms with Crippen LogP contribution in [0.25, 0.3) is 0 Å². The second-order valence-electron chi connectivity index (χ2n) is 16.0. The van der Waals surface area contributed by atoms with Crippen molar-refractivity contribution in [3.8, 4) is 0 Å². The summed E-state index contributed by atoms with van der Waals surface area (Å²) in [6.45, 7) is 4.54. The maximum atomic E-state index is 6.58. The average Bonchev–Trinajstić information content (AvgIpc) is 3.58. The van der Waals surface area contributed by atoms with E-state index in [4.69, 9.17) is 15.2 Å². The summed E-state index contributed by atoms with van der Waals surface area (Å²) < 4.78 is 13.2. The molecule has 3 aliphatic rings. The quantitative estimate of drug-likeness (QED) is 0.0613. The smallest absolute Gasteiger partial charge is 0.170 e. The first-order valence-electron chi connectivity index (χ1n) is 21.3. The standard InChI is InChI=1S/C45H79NO2/c1-3-5-7-9-11-13-15-17-19-21-23-25-27-29-31-33-35-44(39-45(40-44)47-42-37-41(46)38-43(42)48-45)36-34-32-30-28-26-24-22-20-18-16-14-12-10-8-6-4-2/h11-14,17-20,41-43H,3-10,15-16,21-40,46H2,1-2H3/b13-11-,14-12-,19-17-,20-18-/t41?,42-,43+. The van der Waals surface area contributed by atoms with Gasteiger partial charge in [-0.25, -0.2) is 0 Å². The molecule has 2 aliphatic carbocycles. The van der Waals surface area contributed by atoms with Crippen LogP contribution in [0.2, 0.25) is 0 Å². The van der Waals surface area contributed by atoms with Crippen molar-refractivity contribution in [3.63, 3.8) is 0 Å². The molecule has 3 fully saturated rings. The molecule has 3 nitrogen and oxygen atoms in total. The normalized spacial score (nSPS) is 23.1. The molecule has 0 amide bonds. The van der Waals surface area contributed by atoms with E-state index in [2.05, 4.69) is 62.5 Å². The second-order valence-corrected chi connectivity index (χ2v) is 16.0. The van der Waals surface area contributed by atoms with Gasteiger partial charge < -0.3 is 15.2 Å². The molecule has 1 aliphatic heterocycles. The fourth-order valence-electron chi connectivity index (χ4n) is 8.54. The second kappa shape index (κ2) is 25.7. The van der Waals surface area contributed by atoms with Gasteiger partial charge in [-0.15, -0.1) is 0 Å². The molecule has 1 heterocycles. The highest BCUT2D eigenvalue weighted by molar-refractivity contribution is 5.06. The molecule has 1 unspecified atom stereocenters. The van der Waals surface area contributed by atoms with Crippen LogP contribution in [0.5, 0.6) is 0 Å². The van der Waals surface area contributed by atoms with Crippen LogP contribution in [0.3, 0.4) is 0 Å². The first-order valence-corrected chi connectivity index (χ1v) is 21.3. The molecule has 0 aromatic carbocycles. The van der Waals surface area contributed by atoms with Gasteiger partial charge in [0.25, 0.3) is 0 Å². The molecule has 1 saturated heterocycles. The molecule has 0 bridgehead atoms. The molecule has 1 spiro atoms. The van der Waals surface area contributed by atoms with Gasteiger partial charge in [0.2, 0.25) is 0 Å². The predicted octanol–water partition coefficient (Wildman–Crippen LogP) is 13.8. The third-order valence-corrected chi connectivity index (χ3v) is 11.3. The minimum Gasteiger partial charge on any atom is -0.344 e. The van der Waals surface area contributed by atoms with Crippen molar-refractivity contribution < 1.29 is 9.47 Å². The van der Waals surface area contributed by atoms with Gasteiger partial charge in [0.1, 0.15) is 0 Å². The fourth-order valence-corrected chi connectivity index (χ4v) is 8.54. The maximum absolute atomic E-state index is 6.58. The Kier molecular flexibility index (Phi) is 22.1. The zero-order valence-corrected chi connectivity index (χ0v) is 32.0. The van der Waals surface area contributed by atoms with Gasteiger partial charge in [0.15, 0.2) is 5.79 Å². The largest absolute Gasteiger partial charge is 0.344 e. The van der Waals surface area contributed by atoms with Crippen LogP contribution in [0, 0.1) is 5.41 Å². The van der Waals surface area contributed by atoms with Crippen molar-refractivity contribution in [2.75, 3.05) is 0 Å². The number of fused-ring (bicyclic) bond motifs is 1. The zero-order chi connectivity index (χ0) is 34.0. The lowest BCUT2D eigenvalue weighted by atomic mass is 9.59. The lowest BCUT2D eigenvalue weighted by molar-refractivity contribution is -0.280. The molecule has 0 radical (unpaired) electrons. The van der Waals surface area contributed by atoms with Crippen LogP contribution in [0.1, 0.15) is 206 Å². The lowest BCUT2D eigenvalue weighted by Crippen LogP contribution is -2.53. The SMILES string of the molecule is CCCCC/C=C\C/C=C\CCCCCCCCC1(CCCCCCCC/C=C\C/C=C\CCCCC)CC2(C1)O[C@H]1CC(N)C[C@H]1O2. The summed E-state index contributed by atoms with van der Waals surface area (Å²) in [7, 11) is 0. The van der Waals surface area contributed by atoms with Gasteiger partial charge in [-0.3, -0.25) is 0 Å². The van der Waals surface area contributed by atoms with E-state index in [0.29, 0.717) is 5.41 Å². The molecule has 2 saturated carbocycles. The highest BCUT2D eigenvalue weighted by Crippen LogP contribution is 2.61. The summed E-state index contributed by atoms with van der Waals surface area (Å²) in [5.41, 5.74) is 6.65. The van der Waals surface area contributed by atoms with E-state index in [-0.39, 0.29) is 24.0 Å². The first kappa shape index (κ1) is 41.3. The van der Waals surface area contributed by atoms with Crippen LogP contribution < -0.4 is 5.73 Å². The Bertz CT molecular complexity index is 831.